The highest BCUT2D eigenvalue weighted by Gasteiger charge is 2.27. The number of esters is 1. The minimum atomic E-state index is -0.741. The normalized spacial score (nSPS) is 16.3. The Morgan fingerprint density at radius 3 is 2.54 bits per heavy atom. The van der Waals surface area contributed by atoms with E-state index in [1.807, 2.05) is 0 Å². The number of rotatable bonds is 6. The summed E-state index contributed by atoms with van der Waals surface area (Å²) in [7, 11) is 0. The highest BCUT2D eigenvalue weighted by atomic mass is 19.1. The molecule has 1 aliphatic rings. The van der Waals surface area contributed by atoms with Crippen molar-refractivity contribution >= 4 is 17.7 Å². The summed E-state index contributed by atoms with van der Waals surface area (Å²) in [5.74, 6) is -1.66. The molecule has 8 heteroatoms. The third kappa shape index (κ3) is 6.76. The van der Waals surface area contributed by atoms with Crippen molar-refractivity contribution in [3.8, 4) is 0 Å². The molecule has 1 heterocycles. The van der Waals surface area contributed by atoms with Crippen LogP contribution in [0.15, 0.2) is 18.2 Å². The molecule has 1 saturated heterocycles. The van der Waals surface area contributed by atoms with Gasteiger partial charge in [-0.25, -0.2) is 9.18 Å². The van der Waals surface area contributed by atoms with Gasteiger partial charge in [-0.05, 0) is 45.4 Å². The van der Waals surface area contributed by atoms with Gasteiger partial charge < -0.3 is 14.2 Å². The molecule has 7 nitrogen and oxygen atoms in total. The number of carbonyl (C=O) groups is 2. The molecule has 28 heavy (non-hydrogen) atoms. The van der Waals surface area contributed by atoms with Crippen LogP contribution in [0.1, 0.15) is 39.2 Å². The lowest BCUT2D eigenvalue weighted by atomic mass is 9.97. The van der Waals surface area contributed by atoms with Crippen LogP contribution < -0.4 is 5.32 Å². The van der Waals surface area contributed by atoms with E-state index < -0.39 is 29.4 Å². The monoisotopic (exact) mass is 396 g/mol. The number of anilines is 1. The molecule has 0 aromatic heterocycles. The summed E-state index contributed by atoms with van der Waals surface area (Å²) < 4.78 is 30.2. The molecule has 1 aliphatic heterocycles. The molecule has 1 aromatic carbocycles. The van der Waals surface area contributed by atoms with Crippen molar-refractivity contribution in [2.75, 3.05) is 44.8 Å². The number of nitrogens with zero attached hydrogens (tertiary/aromatic N) is 1. The fraction of sp³-hybridized carbons (Fsp3) is 0.600. The van der Waals surface area contributed by atoms with Gasteiger partial charge in [-0.2, -0.15) is 0 Å². The Hall–Kier alpha value is -2.19. The molecule has 2 rings (SSSR count). The van der Waals surface area contributed by atoms with Crippen molar-refractivity contribution in [1.82, 2.24) is 4.90 Å². The molecule has 156 valence electrons. The molecule has 1 unspecified atom stereocenters. The molecule has 0 saturated carbocycles. The summed E-state index contributed by atoms with van der Waals surface area (Å²) in [6, 6.07) is 4.31. The van der Waals surface area contributed by atoms with E-state index in [2.05, 4.69) is 10.2 Å². The molecule has 1 N–H and O–H groups in total. The average molecular weight is 396 g/mol. The number of hydrogen-bond acceptors (Lipinski definition) is 6. The van der Waals surface area contributed by atoms with Crippen LogP contribution in [0.5, 0.6) is 0 Å². The van der Waals surface area contributed by atoms with E-state index >= 15 is 0 Å². The highest BCUT2D eigenvalue weighted by Crippen LogP contribution is 2.25. The number of nitrogens with one attached hydrogen (secondary N) is 1. The van der Waals surface area contributed by atoms with Gasteiger partial charge in [0.05, 0.1) is 31.4 Å². The van der Waals surface area contributed by atoms with Gasteiger partial charge in [-0.3, -0.25) is 15.0 Å². The molecule has 0 aliphatic carbocycles. The molecule has 1 amide bonds. The third-order valence-corrected chi connectivity index (χ3v) is 4.15. The molecular formula is C20H29FN2O5. The summed E-state index contributed by atoms with van der Waals surface area (Å²) >= 11 is 0. The number of ether oxygens (including phenoxy) is 3. The fourth-order valence-electron chi connectivity index (χ4n) is 2.86. The third-order valence-electron chi connectivity index (χ3n) is 4.15. The number of amides is 1. The largest absolute Gasteiger partial charge is 0.465 e. The van der Waals surface area contributed by atoms with Crippen molar-refractivity contribution in [2.24, 2.45) is 0 Å². The average Bonchev–Trinajstić information content (AvgIpc) is 2.61. The first-order valence-electron chi connectivity index (χ1n) is 9.46. The van der Waals surface area contributed by atoms with Gasteiger partial charge in [0.2, 0.25) is 0 Å². The molecule has 0 spiro atoms. The van der Waals surface area contributed by atoms with Crippen LogP contribution in [0.4, 0.5) is 14.9 Å². The maximum Gasteiger partial charge on any atom is 0.412 e. The standard InChI is InChI=1S/C20H29FN2O5/c1-5-27-18(24)15(13-23-8-10-26-11-9-23)14-6-7-17(16(21)12-14)22-19(25)28-20(2,3)4/h6-7,12,15H,5,8-11,13H2,1-4H3,(H,22,25). The van der Waals surface area contributed by atoms with Crippen molar-refractivity contribution < 1.29 is 28.2 Å². The Morgan fingerprint density at radius 2 is 1.96 bits per heavy atom. The van der Waals surface area contributed by atoms with Gasteiger partial charge in [0.15, 0.2) is 0 Å². The van der Waals surface area contributed by atoms with Crippen LogP contribution in [0.3, 0.4) is 0 Å². The van der Waals surface area contributed by atoms with Crippen LogP contribution in [-0.4, -0.2) is 62.0 Å². The van der Waals surface area contributed by atoms with E-state index in [4.69, 9.17) is 14.2 Å². The van der Waals surface area contributed by atoms with Gasteiger partial charge in [-0.15, -0.1) is 0 Å². The van der Waals surface area contributed by atoms with Crippen LogP contribution in [0.2, 0.25) is 0 Å². The Morgan fingerprint density at radius 1 is 1.29 bits per heavy atom. The summed E-state index contributed by atoms with van der Waals surface area (Å²) in [6.07, 6.45) is -0.741. The Labute approximate surface area is 165 Å². The van der Waals surface area contributed by atoms with Crippen molar-refractivity contribution in [2.45, 2.75) is 39.2 Å². The molecule has 0 radical (unpaired) electrons. The highest BCUT2D eigenvalue weighted by molar-refractivity contribution is 5.85. The molecule has 1 aromatic rings. The SMILES string of the molecule is CCOC(=O)C(CN1CCOCC1)c1ccc(NC(=O)OC(C)(C)C)c(F)c1. The Kier molecular flexibility index (Phi) is 7.77. The van der Waals surface area contributed by atoms with Crippen molar-refractivity contribution in [3.63, 3.8) is 0 Å². The van der Waals surface area contributed by atoms with Crippen molar-refractivity contribution in [3.05, 3.63) is 29.6 Å². The number of morpholine rings is 1. The quantitative estimate of drug-likeness (QED) is 0.745. The second-order valence-corrected chi connectivity index (χ2v) is 7.58. The van der Waals surface area contributed by atoms with Gasteiger partial charge in [0.1, 0.15) is 11.4 Å². The Balaban J connectivity index is 2.15. The lowest BCUT2D eigenvalue weighted by molar-refractivity contribution is -0.145. The topological polar surface area (TPSA) is 77.1 Å². The van der Waals surface area contributed by atoms with E-state index in [0.29, 0.717) is 38.4 Å². The summed E-state index contributed by atoms with van der Waals surface area (Å²) in [5.41, 5.74) is -0.197. The van der Waals surface area contributed by atoms with Gasteiger partial charge in [-0.1, -0.05) is 6.07 Å². The van der Waals surface area contributed by atoms with E-state index in [0.717, 1.165) is 0 Å². The second-order valence-electron chi connectivity index (χ2n) is 7.58. The number of benzene rings is 1. The minimum Gasteiger partial charge on any atom is -0.465 e. The summed E-state index contributed by atoms with van der Waals surface area (Å²) in [5, 5.41) is 2.39. The first-order chi connectivity index (χ1) is 13.2. The van der Waals surface area contributed by atoms with Crippen molar-refractivity contribution in [1.29, 1.82) is 0 Å². The zero-order valence-corrected chi connectivity index (χ0v) is 16.9. The summed E-state index contributed by atoms with van der Waals surface area (Å²) in [6.45, 7) is 10.2. The predicted molar refractivity (Wildman–Crippen MR) is 103 cm³/mol. The van der Waals surface area contributed by atoms with Crippen LogP contribution in [0, 0.1) is 5.82 Å². The Bertz CT molecular complexity index is 684. The van der Waals surface area contributed by atoms with Gasteiger partial charge in [0.25, 0.3) is 0 Å². The zero-order valence-electron chi connectivity index (χ0n) is 16.9. The van der Waals surface area contributed by atoms with E-state index in [9.17, 15) is 14.0 Å². The number of hydrogen-bond donors (Lipinski definition) is 1. The molecule has 1 atom stereocenters. The molecule has 1 fully saturated rings. The van der Waals surface area contributed by atoms with Gasteiger partial charge >= 0.3 is 12.1 Å². The number of carbonyl (C=O) groups excluding carboxylic acids is 2. The first-order valence-corrected chi connectivity index (χ1v) is 9.46. The first kappa shape index (κ1) is 22.1. The summed E-state index contributed by atoms with van der Waals surface area (Å²) in [4.78, 5) is 26.4. The van der Waals surface area contributed by atoms with Gasteiger partial charge in [0, 0.05) is 19.6 Å². The van der Waals surface area contributed by atoms with Crippen LogP contribution >= 0.6 is 0 Å². The fourth-order valence-corrected chi connectivity index (χ4v) is 2.86. The second kappa shape index (κ2) is 9.84. The zero-order chi connectivity index (χ0) is 20.7. The maximum atomic E-state index is 14.6. The minimum absolute atomic E-state index is 0.00742. The number of halogens is 1. The molecular weight excluding hydrogens is 367 g/mol. The lowest BCUT2D eigenvalue weighted by Crippen LogP contribution is -2.40. The van der Waals surface area contributed by atoms with Crippen LogP contribution in [-0.2, 0) is 19.0 Å². The lowest BCUT2D eigenvalue weighted by Gasteiger charge is -2.29. The maximum absolute atomic E-state index is 14.6. The smallest absolute Gasteiger partial charge is 0.412 e. The predicted octanol–water partition coefficient (Wildman–Crippen LogP) is 3.15. The van der Waals surface area contributed by atoms with E-state index in [1.165, 1.54) is 12.1 Å². The van der Waals surface area contributed by atoms with Crippen LogP contribution in [0.25, 0.3) is 0 Å². The van der Waals surface area contributed by atoms with E-state index in [1.54, 1.807) is 33.8 Å². The van der Waals surface area contributed by atoms with E-state index in [-0.39, 0.29) is 12.3 Å². The molecule has 0 bridgehead atoms.